The lowest BCUT2D eigenvalue weighted by Crippen LogP contribution is -2.23. The van der Waals surface area contributed by atoms with Crippen molar-refractivity contribution >= 4 is 15.9 Å². The van der Waals surface area contributed by atoms with Gasteiger partial charge in [-0.1, -0.05) is 46.3 Å². The van der Waals surface area contributed by atoms with Crippen LogP contribution in [0.15, 0.2) is 30.3 Å². The fraction of sp³-hybridized carbons (Fsp3) is 0.500. The first kappa shape index (κ1) is 10.2. The maximum absolute atomic E-state index is 5.75. The molecule has 2 rings (SSSR count). The van der Waals surface area contributed by atoms with E-state index in [2.05, 4.69) is 40.2 Å². The third kappa shape index (κ3) is 2.37. The first-order valence-corrected chi connectivity index (χ1v) is 6.10. The van der Waals surface area contributed by atoms with Crippen LogP contribution in [0.3, 0.4) is 0 Å². The molecular weight excluding hydrogens is 240 g/mol. The second-order valence-corrected chi connectivity index (χ2v) is 4.70. The molecule has 2 heteroatoms. The topological polar surface area (TPSA) is 9.23 Å². The highest BCUT2D eigenvalue weighted by Crippen LogP contribution is 2.32. The highest BCUT2D eigenvalue weighted by molar-refractivity contribution is 9.09. The second-order valence-electron chi connectivity index (χ2n) is 3.72. The molecule has 0 N–H and O–H groups in total. The van der Waals surface area contributed by atoms with E-state index in [-0.39, 0.29) is 0 Å². The summed E-state index contributed by atoms with van der Waals surface area (Å²) in [5.41, 5.74) is 1.32. The molecule has 1 aromatic carbocycles. The Morgan fingerprint density at radius 2 is 2.00 bits per heavy atom. The van der Waals surface area contributed by atoms with E-state index in [1.54, 1.807) is 0 Å². The number of hydrogen-bond acceptors (Lipinski definition) is 1. The molecule has 1 fully saturated rings. The zero-order valence-corrected chi connectivity index (χ0v) is 9.74. The van der Waals surface area contributed by atoms with Crippen molar-refractivity contribution in [3.63, 3.8) is 0 Å². The maximum Gasteiger partial charge on any atom is 0.0740 e. The Balaban J connectivity index is 2.03. The van der Waals surface area contributed by atoms with Crippen LogP contribution in [0.4, 0.5) is 0 Å². The Kier molecular flexibility index (Phi) is 3.60. The number of ether oxygens (including phenoxy) is 1. The molecule has 2 unspecified atom stereocenters. The fourth-order valence-corrected chi connectivity index (χ4v) is 2.57. The van der Waals surface area contributed by atoms with Crippen molar-refractivity contribution in [2.24, 2.45) is 0 Å². The molecule has 14 heavy (non-hydrogen) atoms. The summed E-state index contributed by atoms with van der Waals surface area (Å²) in [7, 11) is 0. The van der Waals surface area contributed by atoms with Gasteiger partial charge in [0.1, 0.15) is 0 Å². The molecule has 1 aliphatic rings. The fourth-order valence-electron chi connectivity index (χ4n) is 1.85. The number of rotatable bonds is 2. The second kappa shape index (κ2) is 4.94. The van der Waals surface area contributed by atoms with Crippen molar-refractivity contribution in [1.82, 2.24) is 0 Å². The highest BCUT2D eigenvalue weighted by atomic mass is 79.9. The molecule has 0 amide bonds. The Labute approximate surface area is 93.6 Å². The van der Waals surface area contributed by atoms with Crippen molar-refractivity contribution in [3.05, 3.63) is 35.9 Å². The van der Waals surface area contributed by atoms with E-state index >= 15 is 0 Å². The molecule has 2 atom stereocenters. The summed E-state index contributed by atoms with van der Waals surface area (Å²) in [6.07, 6.45) is 4.03. The van der Waals surface area contributed by atoms with Crippen molar-refractivity contribution in [1.29, 1.82) is 0 Å². The molecule has 1 aliphatic heterocycles. The zero-order chi connectivity index (χ0) is 9.80. The average molecular weight is 255 g/mol. The molecule has 1 saturated heterocycles. The molecular formula is C12H15BrO. The standard InChI is InChI=1S/C12H15BrO/c13-12(10-6-2-1-3-7-10)11-8-4-5-9-14-11/h1-3,6-7,11-12H,4-5,8-9H2. The highest BCUT2D eigenvalue weighted by Gasteiger charge is 2.23. The van der Waals surface area contributed by atoms with Crippen LogP contribution in [-0.2, 0) is 4.74 Å². The Bertz CT molecular complexity index is 267. The van der Waals surface area contributed by atoms with Crippen molar-refractivity contribution in [2.45, 2.75) is 30.2 Å². The van der Waals surface area contributed by atoms with Gasteiger partial charge in [0.2, 0.25) is 0 Å². The summed E-state index contributed by atoms with van der Waals surface area (Å²) in [6, 6.07) is 10.5. The van der Waals surface area contributed by atoms with Gasteiger partial charge in [0.25, 0.3) is 0 Å². The minimum atomic E-state index is 0.351. The van der Waals surface area contributed by atoms with Gasteiger partial charge in [-0.15, -0.1) is 0 Å². The van der Waals surface area contributed by atoms with E-state index in [9.17, 15) is 0 Å². The van der Waals surface area contributed by atoms with Crippen LogP contribution >= 0.6 is 15.9 Å². The zero-order valence-electron chi connectivity index (χ0n) is 8.16. The molecule has 0 aliphatic carbocycles. The normalized spacial score (nSPS) is 24.5. The molecule has 0 radical (unpaired) electrons. The molecule has 0 saturated carbocycles. The largest absolute Gasteiger partial charge is 0.377 e. The van der Waals surface area contributed by atoms with E-state index < -0.39 is 0 Å². The van der Waals surface area contributed by atoms with E-state index in [4.69, 9.17) is 4.74 Å². The number of benzene rings is 1. The smallest absolute Gasteiger partial charge is 0.0740 e. The molecule has 0 aromatic heterocycles. The van der Waals surface area contributed by atoms with Crippen LogP contribution in [0.25, 0.3) is 0 Å². The Morgan fingerprint density at radius 1 is 1.21 bits per heavy atom. The third-order valence-corrected chi connectivity index (χ3v) is 3.78. The quantitative estimate of drug-likeness (QED) is 0.732. The molecule has 1 nitrogen and oxygen atoms in total. The predicted molar refractivity (Wildman–Crippen MR) is 61.7 cm³/mol. The summed E-state index contributed by atoms with van der Waals surface area (Å²) in [5, 5.41) is 0. The SMILES string of the molecule is BrC(c1ccccc1)C1CCCCO1. The molecule has 0 spiro atoms. The van der Waals surface area contributed by atoms with Gasteiger partial charge in [-0.05, 0) is 24.8 Å². The van der Waals surface area contributed by atoms with Crippen molar-refractivity contribution in [3.8, 4) is 0 Å². The minimum absolute atomic E-state index is 0.351. The monoisotopic (exact) mass is 254 g/mol. The lowest BCUT2D eigenvalue weighted by molar-refractivity contribution is 0.0160. The first-order valence-electron chi connectivity index (χ1n) is 5.18. The van der Waals surface area contributed by atoms with Crippen LogP contribution in [0.2, 0.25) is 0 Å². The van der Waals surface area contributed by atoms with Crippen LogP contribution in [0, 0.1) is 0 Å². The van der Waals surface area contributed by atoms with Crippen LogP contribution < -0.4 is 0 Å². The van der Waals surface area contributed by atoms with Gasteiger partial charge in [0.15, 0.2) is 0 Å². The van der Waals surface area contributed by atoms with E-state index in [0.717, 1.165) is 6.61 Å². The lowest BCUT2D eigenvalue weighted by atomic mass is 10.0. The van der Waals surface area contributed by atoms with Gasteiger partial charge in [-0.25, -0.2) is 0 Å². The first-order chi connectivity index (χ1) is 6.88. The van der Waals surface area contributed by atoms with Gasteiger partial charge in [0.05, 0.1) is 10.9 Å². The Hall–Kier alpha value is -0.340. The van der Waals surface area contributed by atoms with Crippen LogP contribution in [0.5, 0.6) is 0 Å². The predicted octanol–water partition coefficient (Wildman–Crippen LogP) is 3.69. The van der Waals surface area contributed by atoms with Crippen LogP contribution in [-0.4, -0.2) is 12.7 Å². The average Bonchev–Trinajstić information content (AvgIpc) is 2.30. The van der Waals surface area contributed by atoms with E-state index in [0.29, 0.717) is 10.9 Å². The molecule has 0 bridgehead atoms. The van der Waals surface area contributed by atoms with Gasteiger partial charge < -0.3 is 4.74 Å². The van der Waals surface area contributed by atoms with Gasteiger partial charge >= 0.3 is 0 Å². The number of halogens is 1. The molecule has 1 aromatic rings. The summed E-state index contributed by atoms with van der Waals surface area (Å²) >= 11 is 3.72. The number of hydrogen-bond donors (Lipinski definition) is 0. The Morgan fingerprint density at radius 3 is 2.64 bits per heavy atom. The van der Waals surface area contributed by atoms with Crippen LogP contribution in [0.1, 0.15) is 29.7 Å². The third-order valence-electron chi connectivity index (χ3n) is 2.66. The van der Waals surface area contributed by atoms with Crippen molar-refractivity contribution in [2.75, 3.05) is 6.61 Å². The number of alkyl halides is 1. The van der Waals surface area contributed by atoms with Gasteiger partial charge in [0, 0.05) is 6.61 Å². The van der Waals surface area contributed by atoms with E-state index in [1.165, 1.54) is 24.8 Å². The minimum Gasteiger partial charge on any atom is -0.377 e. The van der Waals surface area contributed by atoms with Gasteiger partial charge in [-0.3, -0.25) is 0 Å². The molecule has 1 heterocycles. The summed E-state index contributed by atoms with van der Waals surface area (Å²) < 4.78 is 5.75. The van der Waals surface area contributed by atoms with E-state index in [1.807, 2.05) is 6.07 Å². The van der Waals surface area contributed by atoms with Crippen molar-refractivity contribution < 1.29 is 4.74 Å². The summed E-state index contributed by atoms with van der Waals surface area (Å²) in [6.45, 7) is 0.916. The lowest BCUT2D eigenvalue weighted by Gasteiger charge is -2.27. The molecule has 76 valence electrons. The summed E-state index contributed by atoms with van der Waals surface area (Å²) in [4.78, 5) is 0.351. The van der Waals surface area contributed by atoms with Gasteiger partial charge in [-0.2, -0.15) is 0 Å². The summed E-state index contributed by atoms with van der Waals surface area (Å²) in [5.74, 6) is 0. The maximum atomic E-state index is 5.75.